The first-order valence-corrected chi connectivity index (χ1v) is 10.4. The van der Waals surface area contributed by atoms with E-state index < -0.39 is 28.0 Å². The van der Waals surface area contributed by atoms with E-state index in [2.05, 4.69) is 5.32 Å². The first kappa shape index (κ1) is 21.9. The van der Waals surface area contributed by atoms with E-state index in [0.29, 0.717) is 13.1 Å². The van der Waals surface area contributed by atoms with Gasteiger partial charge in [0.25, 0.3) is 5.91 Å². The predicted molar refractivity (Wildman–Crippen MR) is 104 cm³/mol. The molecule has 1 atom stereocenters. The van der Waals surface area contributed by atoms with Gasteiger partial charge in [0, 0.05) is 13.1 Å². The van der Waals surface area contributed by atoms with E-state index in [4.69, 9.17) is 20.8 Å². The molecule has 2 rings (SSSR count). The fourth-order valence-corrected chi connectivity index (χ4v) is 4.02. The van der Waals surface area contributed by atoms with Crippen LogP contribution < -0.4 is 5.32 Å². The maximum absolute atomic E-state index is 12.6. The molecule has 10 heteroatoms. The predicted octanol–water partition coefficient (Wildman–Crippen LogP) is 3.15. The minimum absolute atomic E-state index is 0.000977. The van der Waals surface area contributed by atoms with Gasteiger partial charge in [0.15, 0.2) is 6.10 Å². The van der Waals surface area contributed by atoms with Crippen molar-refractivity contribution < 1.29 is 27.2 Å². The summed E-state index contributed by atoms with van der Waals surface area (Å²) in [5.74, 6) is -1.38. The Balaban J connectivity index is 2.17. The van der Waals surface area contributed by atoms with E-state index in [0.717, 1.165) is 0 Å². The van der Waals surface area contributed by atoms with Crippen LogP contribution in [0.3, 0.4) is 0 Å². The van der Waals surface area contributed by atoms with Gasteiger partial charge in [-0.2, -0.15) is 4.31 Å². The summed E-state index contributed by atoms with van der Waals surface area (Å²) in [5.41, 5.74) is 0.274. The highest BCUT2D eigenvalue weighted by atomic mass is 35.5. The Morgan fingerprint density at radius 3 is 2.50 bits per heavy atom. The van der Waals surface area contributed by atoms with Crippen molar-refractivity contribution in [1.29, 1.82) is 0 Å². The van der Waals surface area contributed by atoms with Crippen LogP contribution in [-0.2, 0) is 19.6 Å². The minimum atomic E-state index is -3.72. The van der Waals surface area contributed by atoms with Crippen molar-refractivity contribution in [1.82, 2.24) is 4.31 Å². The van der Waals surface area contributed by atoms with Crippen molar-refractivity contribution in [3.05, 3.63) is 47.4 Å². The molecule has 0 spiro atoms. The van der Waals surface area contributed by atoms with Crippen molar-refractivity contribution in [3.8, 4) is 0 Å². The van der Waals surface area contributed by atoms with Gasteiger partial charge < -0.3 is 14.5 Å². The summed E-state index contributed by atoms with van der Waals surface area (Å²) in [6.07, 6.45) is 1.37. The fraction of sp³-hybridized carbons (Fsp3) is 0.333. The van der Waals surface area contributed by atoms with E-state index in [9.17, 15) is 18.0 Å². The Morgan fingerprint density at radius 2 is 1.93 bits per heavy atom. The molecule has 1 aromatic heterocycles. The van der Waals surface area contributed by atoms with E-state index in [-0.39, 0.29) is 21.2 Å². The summed E-state index contributed by atoms with van der Waals surface area (Å²) in [7, 11) is -3.72. The third-order valence-electron chi connectivity index (χ3n) is 3.95. The number of sulfonamides is 1. The number of anilines is 1. The van der Waals surface area contributed by atoms with Crippen LogP contribution in [0.5, 0.6) is 0 Å². The lowest BCUT2D eigenvalue weighted by atomic mass is 10.3. The average Bonchev–Trinajstić information content (AvgIpc) is 3.18. The van der Waals surface area contributed by atoms with Crippen LogP contribution in [0.15, 0.2) is 46.1 Å². The molecule has 8 nitrogen and oxygen atoms in total. The number of furan rings is 1. The second kappa shape index (κ2) is 9.22. The number of carbonyl (C=O) groups excluding carboxylic acids is 2. The number of ether oxygens (including phenoxy) is 1. The topological polar surface area (TPSA) is 106 Å². The van der Waals surface area contributed by atoms with Gasteiger partial charge in [-0.15, -0.1) is 0 Å². The molecule has 2 aromatic rings. The molecule has 28 heavy (non-hydrogen) atoms. The molecule has 1 amide bonds. The Labute approximate surface area is 168 Å². The van der Waals surface area contributed by atoms with Crippen LogP contribution >= 0.6 is 11.6 Å². The van der Waals surface area contributed by atoms with Gasteiger partial charge in [-0.25, -0.2) is 13.2 Å². The Bertz CT molecular complexity index is 939. The molecule has 1 heterocycles. The molecule has 0 saturated heterocycles. The largest absolute Gasteiger partial charge is 0.472 e. The molecule has 0 saturated carbocycles. The Hall–Kier alpha value is -2.36. The lowest BCUT2D eigenvalue weighted by Gasteiger charge is -2.19. The number of nitrogens with zero attached hydrogens (tertiary/aromatic N) is 1. The normalized spacial score (nSPS) is 12.6. The SMILES string of the molecule is CCN(CC)S(=O)(=O)c1ccc(Cl)c(NC(=O)C(C)OC(=O)c2ccoc2)c1. The maximum Gasteiger partial charge on any atom is 0.342 e. The van der Waals surface area contributed by atoms with E-state index in [1.807, 2.05) is 0 Å². The molecule has 0 aliphatic carbocycles. The van der Waals surface area contributed by atoms with Gasteiger partial charge in [-0.3, -0.25) is 4.79 Å². The fourth-order valence-electron chi connectivity index (χ4n) is 2.37. The lowest BCUT2D eigenvalue weighted by Crippen LogP contribution is -2.31. The number of nitrogens with one attached hydrogen (secondary N) is 1. The molecule has 1 aromatic carbocycles. The number of amides is 1. The van der Waals surface area contributed by atoms with Crippen LogP contribution in [-0.4, -0.2) is 43.8 Å². The zero-order chi connectivity index (χ0) is 20.9. The Morgan fingerprint density at radius 1 is 1.25 bits per heavy atom. The minimum Gasteiger partial charge on any atom is -0.472 e. The van der Waals surface area contributed by atoms with Gasteiger partial charge in [0.1, 0.15) is 6.26 Å². The molecule has 152 valence electrons. The third-order valence-corrected chi connectivity index (χ3v) is 6.32. The van der Waals surface area contributed by atoms with Gasteiger partial charge in [-0.1, -0.05) is 25.4 Å². The molecule has 1 N–H and O–H groups in total. The maximum atomic E-state index is 12.6. The smallest absolute Gasteiger partial charge is 0.342 e. The highest BCUT2D eigenvalue weighted by molar-refractivity contribution is 7.89. The van der Waals surface area contributed by atoms with Crippen LogP contribution in [0.4, 0.5) is 5.69 Å². The molecular weight excluding hydrogens is 408 g/mol. The molecule has 1 unspecified atom stereocenters. The summed E-state index contributed by atoms with van der Waals surface area (Å²) in [6.45, 7) is 5.47. The van der Waals surface area contributed by atoms with Crippen LogP contribution in [0.25, 0.3) is 0 Å². The van der Waals surface area contributed by atoms with Crippen LogP contribution in [0.1, 0.15) is 31.1 Å². The first-order valence-electron chi connectivity index (χ1n) is 8.54. The summed E-state index contributed by atoms with van der Waals surface area (Å²) in [4.78, 5) is 24.2. The molecule has 0 bridgehead atoms. The van der Waals surface area contributed by atoms with E-state index in [1.54, 1.807) is 13.8 Å². The molecule has 0 fully saturated rings. The van der Waals surface area contributed by atoms with Crippen molar-refractivity contribution >= 4 is 39.2 Å². The summed E-state index contributed by atoms with van der Waals surface area (Å²) >= 11 is 6.09. The average molecular weight is 429 g/mol. The van der Waals surface area contributed by atoms with Crippen molar-refractivity contribution in [2.75, 3.05) is 18.4 Å². The monoisotopic (exact) mass is 428 g/mol. The van der Waals surface area contributed by atoms with Crippen molar-refractivity contribution in [2.45, 2.75) is 31.8 Å². The first-order chi connectivity index (χ1) is 13.2. The number of halogens is 1. The number of rotatable bonds is 8. The molecule has 0 aliphatic heterocycles. The zero-order valence-corrected chi connectivity index (χ0v) is 17.2. The van der Waals surface area contributed by atoms with Crippen LogP contribution in [0, 0.1) is 0 Å². The van der Waals surface area contributed by atoms with E-state index in [1.165, 1.54) is 48.0 Å². The third kappa shape index (κ3) is 4.92. The second-order valence-electron chi connectivity index (χ2n) is 5.78. The highest BCUT2D eigenvalue weighted by Crippen LogP contribution is 2.27. The summed E-state index contributed by atoms with van der Waals surface area (Å²) in [5, 5.41) is 2.65. The number of hydrogen-bond donors (Lipinski definition) is 1. The standard InChI is InChI=1S/C18H21ClN2O6S/c1-4-21(5-2)28(24,25)14-6-7-15(19)16(10-14)20-17(22)12(3)27-18(23)13-8-9-26-11-13/h6-12H,4-5H2,1-3H3,(H,20,22). The Kier molecular flexibility index (Phi) is 7.22. The highest BCUT2D eigenvalue weighted by Gasteiger charge is 2.24. The number of benzene rings is 1. The van der Waals surface area contributed by atoms with Crippen molar-refractivity contribution in [3.63, 3.8) is 0 Å². The molecule has 0 radical (unpaired) electrons. The second-order valence-corrected chi connectivity index (χ2v) is 8.12. The number of esters is 1. The molecule has 0 aliphatic rings. The zero-order valence-electron chi connectivity index (χ0n) is 15.6. The van der Waals surface area contributed by atoms with Gasteiger partial charge in [0.2, 0.25) is 10.0 Å². The summed E-state index contributed by atoms with van der Waals surface area (Å²) < 4.78 is 36.4. The molecular formula is C18H21ClN2O6S. The van der Waals surface area contributed by atoms with Gasteiger partial charge in [-0.05, 0) is 31.2 Å². The number of hydrogen-bond acceptors (Lipinski definition) is 6. The number of carbonyl (C=O) groups is 2. The van der Waals surface area contributed by atoms with Gasteiger partial charge >= 0.3 is 5.97 Å². The van der Waals surface area contributed by atoms with Crippen LogP contribution in [0.2, 0.25) is 5.02 Å². The van der Waals surface area contributed by atoms with Gasteiger partial charge in [0.05, 0.1) is 27.4 Å². The van der Waals surface area contributed by atoms with E-state index >= 15 is 0 Å². The van der Waals surface area contributed by atoms with Crippen molar-refractivity contribution in [2.24, 2.45) is 0 Å². The lowest BCUT2D eigenvalue weighted by molar-refractivity contribution is -0.123. The summed E-state index contributed by atoms with van der Waals surface area (Å²) in [6, 6.07) is 5.44. The quantitative estimate of drug-likeness (QED) is 0.647.